The van der Waals surface area contributed by atoms with Crippen molar-refractivity contribution in [1.82, 2.24) is 14.3 Å². The normalized spacial score (nSPS) is 15.2. The summed E-state index contributed by atoms with van der Waals surface area (Å²) in [6.07, 6.45) is 0. The molecule has 172 valence electrons. The van der Waals surface area contributed by atoms with E-state index in [0.717, 1.165) is 42.1 Å². The van der Waals surface area contributed by atoms with Crippen LogP contribution in [-0.2, 0) is 4.74 Å². The maximum Gasteiger partial charge on any atom is 0.345 e. The van der Waals surface area contributed by atoms with Gasteiger partial charge in [-0.3, -0.25) is 14.1 Å². The fourth-order valence-electron chi connectivity index (χ4n) is 4.49. The maximum absolute atomic E-state index is 13.6. The van der Waals surface area contributed by atoms with Gasteiger partial charge in [0.05, 0.1) is 27.9 Å². The summed E-state index contributed by atoms with van der Waals surface area (Å²) >= 11 is 8.06. The van der Waals surface area contributed by atoms with E-state index in [0.29, 0.717) is 27.1 Å². The number of para-hydroxylation sites is 1. The molecule has 1 aliphatic heterocycles. The van der Waals surface area contributed by atoms with Crippen LogP contribution in [0.4, 0.5) is 5.69 Å². The van der Waals surface area contributed by atoms with E-state index >= 15 is 0 Å². The highest BCUT2D eigenvalue weighted by Gasteiger charge is 2.26. The quantitative estimate of drug-likeness (QED) is 0.315. The minimum atomic E-state index is -0.615. The summed E-state index contributed by atoms with van der Waals surface area (Å²) in [5, 5.41) is 0.720. The van der Waals surface area contributed by atoms with Crippen molar-refractivity contribution in [1.29, 1.82) is 0 Å². The molecule has 9 heteroatoms. The van der Waals surface area contributed by atoms with Crippen LogP contribution in [0.1, 0.15) is 31.1 Å². The van der Waals surface area contributed by atoms with Crippen molar-refractivity contribution in [3.8, 4) is 0 Å². The minimum absolute atomic E-state index is 0.0465. The number of thiazole rings is 1. The van der Waals surface area contributed by atoms with Gasteiger partial charge in [0.25, 0.3) is 0 Å². The van der Waals surface area contributed by atoms with Crippen LogP contribution in [-0.4, -0.2) is 59.1 Å². The first kappa shape index (κ1) is 22.1. The molecular formula is C24H25ClN4O3S. The lowest BCUT2D eigenvalue weighted by atomic mass is 10.1. The molecule has 1 saturated heterocycles. The molecule has 0 unspecified atom stereocenters. The molecule has 1 aliphatic rings. The van der Waals surface area contributed by atoms with Crippen molar-refractivity contribution in [2.75, 3.05) is 37.7 Å². The molecule has 0 bridgehead atoms. The number of hydrogen-bond donors (Lipinski definition) is 0. The fraction of sp³-hybridized carbons (Fsp3) is 0.375. The summed E-state index contributed by atoms with van der Waals surface area (Å²) in [4.78, 5) is 36.3. The highest BCUT2D eigenvalue weighted by atomic mass is 35.5. The third-order valence-corrected chi connectivity index (χ3v) is 7.64. The van der Waals surface area contributed by atoms with Gasteiger partial charge in [-0.15, -0.1) is 11.3 Å². The molecule has 1 aromatic carbocycles. The number of benzene rings is 1. The van der Waals surface area contributed by atoms with Crippen LogP contribution in [0.15, 0.2) is 35.1 Å². The zero-order valence-corrected chi connectivity index (χ0v) is 20.4. The Bertz CT molecular complexity index is 1440. The van der Waals surface area contributed by atoms with Crippen LogP contribution in [0, 0.1) is 0 Å². The van der Waals surface area contributed by atoms with Gasteiger partial charge in [0, 0.05) is 32.2 Å². The van der Waals surface area contributed by atoms with Crippen molar-refractivity contribution in [2.45, 2.75) is 26.8 Å². The van der Waals surface area contributed by atoms with E-state index in [1.54, 1.807) is 13.0 Å². The minimum Gasteiger partial charge on any atom is -0.462 e. The Balaban J connectivity index is 1.76. The Hall–Kier alpha value is -2.68. The second-order valence-electron chi connectivity index (χ2n) is 8.42. The van der Waals surface area contributed by atoms with Gasteiger partial charge in [-0.25, -0.2) is 9.78 Å². The van der Waals surface area contributed by atoms with Gasteiger partial charge in [0.15, 0.2) is 10.8 Å². The molecule has 0 atom stereocenters. The summed E-state index contributed by atoms with van der Waals surface area (Å²) in [5.74, 6) is -0.615. The van der Waals surface area contributed by atoms with Gasteiger partial charge in [-0.05, 0) is 39.0 Å². The first-order valence-electron chi connectivity index (χ1n) is 11.1. The van der Waals surface area contributed by atoms with Crippen molar-refractivity contribution in [3.63, 3.8) is 0 Å². The van der Waals surface area contributed by atoms with Crippen LogP contribution >= 0.6 is 22.9 Å². The van der Waals surface area contributed by atoms with E-state index < -0.39 is 5.97 Å². The van der Waals surface area contributed by atoms with Gasteiger partial charge >= 0.3 is 5.97 Å². The summed E-state index contributed by atoms with van der Waals surface area (Å²) in [7, 11) is 0. The number of carbonyl (C=O) groups is 1. The number of carbonyl (C=O) groups excluding carboxylic acids is 1. The topological polar surface area (TPSA) is 67.2 Å². The smallest absolute Gasteiger partial charge is 0.345 e. The molecule has 0 radical (unpaired) electrons. The average molecular weight is 485 g/mol. The molecular weight excluding hydrogens is 460 g/mol. The third-order valence-electron chi connectivity index (χ3n) is 6.22. The zero-order chi connectivity index (χ0) is 23.3. The number of fused-ring (bicyclic) bond motifs is 5. The number of hydrogen-bond acceptors (Lipinski definition) is 7. The third kappa shape index (κ3) is 3.66. The molecule has 0 N–H and O–H groups in total. The number of anilines is 1. The molecule has 0 amide bonds. The number of rotatable bonds is 4. The van der Waals surface area contributed by atoms with E-state index in [1.165, 1.54) is 11.3 Å². The average Bonchev–Trinajstić information content (AvgIpc) is 3.18. The lowest BCUT2D eigenvalue weighted by Crippen LogP contribution is -2.49. The predicted molar refractivity (Wildman–Crippen MR) is 134 cm³/mol. The molecule has 1 fully saturated rings. The number of esters is 1. The van der Waals surface area contributed by atoms with Gasteiger partial charge in [-0.2, -0.15) is 0 Å². The largest absolute Gasteiger partial charge is 0.462 e. The van der Waals surface area contributed by atoms with Crippen molar-refractivity contribution >= 4 is 60.7 Å². The second kappa shape index (κ2) is 8.59. The molecule has 3 aromatic heterocycles. The molecule has 4 aromatic rings. The molecule has 0 aliphatic carbocycles. The van der Waals surface area contributed by atoms with Crippen LogP contribution in [0.25, 0.3) is 26.1 Å². The van der Waals surface area contributed by atoms with Crippen LogP contribution < -0.4 is 10.3 Å². The Morgan fingerprint density at radius 1 is 1.21 bits per heavy atom. The first-order chi connectivity index (χ1) is 15.9. The fourth-order valence-corrected chi connectivity index (χ4v) is 5.91. The molecule has 33 heavy (non-hydrogen) atoms. The van der Waals surface area contributed by atoms with Gasteiger partial charge < -0.3 is 9.64 Å². The lowest BCUT2D eigenvalue weighted by molar-refractivity contribution is 0.0527. The van der Waals surface area contributed by atoms with E-state index in [4.69, 9.17) is 21.3 Å². The Kier molecular flexibility index (Phi) is 5.76. The van der Waals surface area contributed by atoms with Crippen LogP contribution in [0.3, 0.4) is 0 Å². The number of ether oxygens (including phenoxy) is 1. The first-order valence-corrected chi connectivity index (χ1v) is 12.3. The lowest BCUT2D eigenvalue weighted by Gasteiger charge is -2.38. The van der Waals surface area contributed by atoms with Crippen molar-refractivity contribution < 1.29 is 9.53 Å². The molecule has 7 nitrogen and oxygen atoms in total. The van der Waals surface area contributed by atoms with Gasteiger partial charge in [-0.1, -0.05) is 23.7 Å². The number of pyridine rings is 2. The Morgan fingerprint density at radius 3 is 2.64 bits per heavy atom. The summed E-state index contributed by atoms with van der Waals surface area (Å²) in [5.41, 5.74) is 1.72. The summed E-state index contributed by atoms with van der Waals surface area (Å²) < 4.78 is 8.06. The van der Waals surface area contributed by atoms with E-state index in [9.17, 15) is 9.59 Å². The Morgan fingerprint density at radius 2 is 1.94 bits per heavy atom. The Labute approximate surface area is 200 Å². The van der Waals surface area contributed by atoms with Crippen LogP contribution in [0.2, 0.25) is 5.15 Å². The van der Waals surface area contributed by atoms with E-state index in [-0.39, 0.29) is 17.6 Å². The SMILES string of the molecule is CCOC(=O)c1c(=O)c2cc(N3CCN(C(C)C)CC3)c(Cl)nc2n2c1sc1ccccc12. The number of aromatic nitrogens is 2. The van der Waals surface area contributed by atoms with Crippen LogP contribution in [0.5, 0.6) is 0 Å². The maximum atomic E-state index is 13.6. The molecule has 0 spiro atoms. The second-order valence-corrected chi connectivity index (χ2v) is 9.81. The molecule has 0 saturated carbocycles. The molecule has 5 rings (SSSR count). The van der Waals surface area contributed by atoms with Crippen molar-refractivity contribution in [2.24, 2.45) is 0 Å². The predicted octanol–water partition coefficient (Wildman–Crippen LogP) is 4.42. The number of halogens is 1. The summed E-state index contributed by atoms with van der Waals surface area (Å²) in [6, 6.07) is 10.0. The standard InChI is InChI=1S/C24H25ClN4O3S/c1-4-32-24(31)19-20(30)15-13-17(28-11-9-27(10-12-28)14(2)3)21(25)26-22(15)29-16-7-5-6-8-18(16)33-23(19)29/h5-8,13-14H,4,9-12H2,1-3H3. The van der Waals surface area contributed by atoms with Gasteiger partial charge in [0.1, 0.15) is 10.4 Å². The zero-order valence-electron chi connectivity index (χ0n) is 18.8. The number of nitrogens with zero attached hydrogens (tertiary/aromatic N) is 4. The summed E-state index contributed by atoms with van der Waals surface area (Å²) in [6.45, 7) is 9.71. The highest BCUT2D eigenvalue weighted by molar-refractivity contribution is 7.24. The molecule has 4 heterocycles. The van der Waals surface area contributed by atoms with Crippen molar-refractivity contribution in [3.05, 3.63) is 51.3 Å². The monoisotopic (exact) mass is 484 g/mol. The highest BCUT2D eigenvalue weighted by Crippen LogP contribution is 2.34. The number of piperazine rings is 1. The van der Waals surface area contributed by atoms with E-state index in [1.807, 2.05) is 28.7 Å². The van der Waals surface area contributed by atoms with E-state index in [2.05, 4.69) is 23.6 Å². The van der Waals surface area contributed by atoms with Gasteiger partial charge in [0.2, 0.25) is 5.43 Å².